The molecular formula is C18H16FN3O5. The number of rotatable bonds is 5. The average molecular weight is 373 g/mol. The molecule has 0 bridgehead atoms. The van der Waals surface area contributed by atoms with Crippen LogP contribution in [0.5, 0.6) is 0 Å². The number of carbonyl (C=O) groups excluding carboxylic acids is 2. The Morgan fingerprint density at radius 2 is 2.04 bits per heavy atom. The summed E-state index contributed by atoms with van der Waals surface area (Å²) in [7, 11) is 1.22. The van der Waals surface area contributed by atoms with Crippen LogP contribution in [0, 0.1) is 12.7 Å². The first-order valence-electron chi connectivity index (χ1n) is 8.00. The van der Waals surface area contributed by atoms with Crippen LogP contribution in [-0.2, 0) is 9.53 Å². The first-order chi connectivity index (χ1) is 12.9. The number of aromatic amines is 1. The SMILES string of the molecule is COC(=O)C(CNC(=O)c1c(C)oc2nc[nH]c(=O)c12)c1ccc(F)cc1. The monoisotopic (exact) mass is 373 g/mol. The number of amides is 1. The molecule has 27 heavy (non-hydrogen) atoms. The van der Waals surface area contributed by atoms with Gasteiger partial charge < -0.3 is 19.5 Å². The van der Waals surface area contributed by atoms with E-state index < -0.39 is 29.2 Å². The molecule has 2 N–H and O–H groups in total. The Hall–Kier alpha value is -3.49. The van der Waals surface area contributed by atoms with E-state index in [0.29, 0.717) is 5.56 Å². The number of halogens is 1. The zero-order chi connectivity index (χ0) is 19.6. The van der Waals surface area contributed by atoms with Gasteiger partial charge in [-0.15, -0.1) is 0 Å². The van der Waals surface area contributed by atoms with Crippen molar-refractivity contribution in [2.45, 2.75) is 12.8 Å². The summed E-state index contributed by atoms with van der Waals surface area (Å²) < 4.78 is 23.2. The number of furan rings is 1. The molecule has 140 valence electrons. The quantitative estimate of drug-likeness (QED) is 0.657. The Labute approximate surface area is 152 Å². The minimum Gasteiger partial charge on any atom is -0.468 e. The highest BCUT2D eigenvalue weighted by Crippen LogP contribution is 2.21. The van der Waals surface area contributed by atoms with Crippen LogP contribution in [0.1, 0.15) is 27.6 Å². The Morgan fingerprint density at radius 1 is 1.33 bits per heavy atom. The number of aromatic nitrogens is 2. The van der Waals surface area contributed by atoms with E-state index in [-0.39, 0.29) is 29.0 Å². The minimum atomic E-state index is -0.838. The van der Waals surface area contributed by atoms with E-state index in [1.165, 1.54) is 44.6 Å². The molecule has 0 saturated carbocycles. The molecule has 0 aliphatic carbocycles. The van der Waals surface area contributed by atoms with E-state index in [1.807, 2.05) is 0 Å². The highest BCUT2D eigenvalue weighted by Gasteiger charge is 2.26. The van der Waals surface area contributed by atoms with Crippen LogP contribution in [0.3, 0.4) is 0 Å². The molecule has 1 unspecified atom stereocenters. The lowest BCUT2D eigenvalue weighted by Gasteiger charge is -2.16. The van der Waals surface area contributed by atoms with Crippen molar-refractivity contribution in [1.29, 1.82) is 0 Å². The van der Waals surface area contributed by atoms with Gasteiger partial charge in [-0.3, -0.25) is 14.4 Å². The molecule has 0 fully saturated rings. The minimum absolute atomic E-state index is 0.0314. The van der Waals surface area contributed by atoms with Crippen LogP contribution in [-0.4, -0.2) is 35.5 Å². The van der Waals surface area contributed by atoms with Crippen molar-refractivity contribution in [3.05, 3.63) is 63.7 Å². The van der Waals surface area contributed by atoms with Crippen molar-refractivity contribution in [3.63, 3.8) is 0 Å². The zero-order valence-corrected chi connectivity index (χ0v) is 14.5. The molecule has 0 aliphatic rings. The van der Waals surface area contributed by atoms with Crippen LogP contribution < -0.4 is 10.9 Å². The van der Waals surface area contributed by atoms with Crippen molar-refractivity contribution in [3.8, 4) is 0 Å². The number of carbonyl (C=O) groups is 2. The number of benzene rings is 1. The van der Waals surface area contributed by atoms with Gasteiger partial charge in [-0.1, -0.05) is 12.1 Å². The number of fused-ring (bicyclic) bond motifs is 1. The summed E-state index contributed by atoms with van der Waals surface area (Å²) in [6.07, 6.45) is 1.18. The number of methoxy groups -OCH3 is 1. The number of esters is 1. The van der Waals surface area contributed by atoms with E-state index in [4.69, 9.17) is 9.15 Å². The topological polar surface area (TPSA) is 114 Å². The van der Waals surface area contributed by atoms with Crippen molar-refractivity contribution in [1.82, 2.24) is 15.3 Å². The molecule has 0 radical (unpaired) electrons. The predicted molar refractivity (Wildman–Crippen MR) is 92.9 cm³/mol. The first-order valence-corrected chi connectivity index (χ1v) is 8.00. The Morgan fingerprint density at radius 3 is 2.70 bits per heavy atom. The van der Waals surface area contributed by atoms with E-state index >= 15 is 0 Å². The van der Waals surface area contributed by atoms with Gasteiger partial charge in [-0.2, -0.15) is 0 Å². The fourth-order valence-corrected chi connectivity index (χ4v) is 2.78. The number of nitrogens with zero attached hydrogens (tertiary/aromatic N) is 1. The maximum Gasteiger partial charge on any atom is 0.314 e. The van der Waals surface area contributed by atoms with Gasteiger partial charge in [0.25, 0.3) is 11.5 Å². The van der Waals surface area contributed by atoms with E-state index in [2.05, 4.69) is 15.3 Å². The fourth-order valence-electron chi connectivity index (χ4n) is 2.78. The van der Waals surface area contributed by atoms with Gasteiger partial charge in [-0.05, 0) is 24.6 Å². The standard InChI is InChI=1S/C18H16FN3O5/c1-9-13(14-16(24)21-8-22-17(14)27-9)15(23)20-7-12(18(25)26-2)10-3-5-11(19)6-4-10/h3-6,8,12H,7H2,1-2H3,(H,20,23)(H,21,22,24). The highest BCUT2D eigenvalue weighted by molar-refractivity contribution is 6.06. The summed E-state index contributed by atoms with van der Waals surface area (Å²) in [5.41, 5.74) is 0.0633. The van der Waals surface area contributed by atoms with Crippen LogP contribution in [0.15, 0.2) is 39.8 Å². The lowest BCUT2D eigenvalue weighted by Crippen LogP contribution is -2.33. The van der Waals surface area contributed by atoms with Crippen LogP contribution in [0.25, 0.3) is 11.1 Å². The summed E-state index contributed by atoms with van der Waals surface area (Å²) >= 11 is 0. The summed E-state index contributed by atoms with van der Waals surface area (Å²) in [4.78, 5) is 43.0. The normalized spacial score (nSPS) is 12.0. The lowest BCUT2D eigenvalue weighted by molar-refractivity contribution is -0.142. The lowest BCUT2D eigenvalue weighted by atomic mass is 9.99. The number of nitrogens with one attached hydrogen (secondary N) is 2. The second-order valence-corrected chi connectivity index (χ2v) is 5.78. The molecule has 3 rings (SSSR count). The number of aryl methyl sites for hydroxylation is 1. The number of ether oxygens (including phenoxy) is 1. The molecule has 0 aliphatic heterocycles. The zero-order valence-electron chi connectivity index (χ0n) is 14.5. The van der Waals surface area contributed by atoms with Gasteiger partial charge in [0.1, 0.15) is 17.0 Å². The molecular weight excluding hydrogens is 357 g/mol. The molecule has 2 aromatic heterocycles. The van der Waals surface area contributed by atoms with Crippen molar-refractivity contribution < 1.29 is 23.1 Å². The third-order valence-electron chi connectivity index (χ3n) is 4.12. The Bertz CT molecular complexity index is 1060. The van der Waals surface area contributed by atoms with E-state index in [0.717, 1.165) is 0 Å². The molecule has 1 aromatic carbocycles. The average Bonchev–Trinajstić information content (AvgIpc) is 3.00. The van der Waals surface area contributed by atoms with Crippen molar-refractivity contribution >= 4 is 23.0 Å². The van der Waals surface area contributed by atoms with E-state index in [9.17, 15) is 18.8 Å². The second kappa shape index (κ2) is 7.40. The largest absolute Gasteiger partial charge is 0.468 e. The number of H-pyrrole nitrogens is 1. The molecule has 8 nitrogen and oxygen atoms in total. The van der Waals surface area contributed by atoms with Crippen LogP contribution in [0.2, 0.25) is 0 Å². The molecule has 0 spiro atoms. The van der Waals surface area contributed by atoms with Crippen LogP contribution in [0.4, 0.5) is 4.39 Å². The van der Waals surface area contributed by atoms with Crippen molar-refractivity contribution in [2.75, 3.05) is 13.7 Å². The third-order valence-corrected chi connectivity index (χ3v) is 4.12. The molecule has 1 atom stereocenters. The van der Waals surface area contributed by atoms with Crippen molar-refractivity contribution in [2.24, 2.45) is 0 Å². The molecule has 2 heterocycles. The molecule has 0 saturated heterocycles. The smallest absolute Gasteiger partial charge is 0.314 e. The first kappa shape index (κ1) is 18.3. The highest BCUT2D eigenvalue weighted by atomic mass is 19.1. The van der Waals surface area contributed by atoms with Gasteiger partial charge in [0.2, 0.25) is 5.71 Å². The number of hydrogen-bond donors (Lipinski definition) is 2. The molecule has 9 heteroatoms. The Kier molecular flexibility index (Phi) is 5.02. The summed E-state index contributed by atoms with van der Waals surface area (Å²) in [5, 5.41) is 2.63. The van der Waals surface area contributed by atoms with Gasteiger partial charge in [0, 0.05) is 6.54 Å². The number of hydrogen-bond acceptors (Lipinski definition) is 6. The maximum absolute atomic E-state index is 13.1. The summed E-state index contributed by atoms with van der Waals surface area (Å²) in [6.45, 7) is 1.43. The van der Waals surface area contributed by atoms with Gasteiger partial charge in [0.15, 0.2) is 0 Å². The Balaban J connectivity index is 1.87. The van der Waals surface area contributed by atoms with Gasteiger partial charge in [0.05, 0.1) is 24.9 Å². The van der Waals surface area contributed by atoms with Gasteiger partial charge in [-0.25, -0.2) is 9.37 Å². The summed E-state index contributed by atoms with van der Waals surface area (Å²) in [6, 6.07) is 5.31. The van der Waals surface area contributed by atoms with Crippen LogP contribution >= 0.6 is 0 Å². The third kappa shape index (κ3) is 3.57. The summed E-state index contributed by atoms with van der Waals surface area (Å²) in [5.74, 6) is -2.24. The molecule has 1 amide bonds. The predicted octanol–water partition coefficient (Wildman–Crippen LogP) is 1.65. The molecule has 3 aromatic rings. The second-order valence-electron chi connectivity index (χ2n) is 5.78. The van der Waals surface area contributed by atoms with E-state index in [1.54, 1.807) is 0 Å². The fraction of sp³-hybridized carbons (Fsp3) is 0.222. The maximum atomic E-state index is 13.1. The van der Waals surface area contributed by atoms with Gasteiger partial charge >= 0.3 is 5.97 Å².